The first kappa shape index (κ1) is 16.9. The molecule has 122 valence electrons. The number of hydrogen-bond acceptors (Lipinski definition) is 4. The number of hydrogen-bond donors (Lipinski definition) is 2. The van der Waals surface area contributed by atoms with E-state index < -0.39 is 33.4 Å². The molecule has 0 bridgehead atoms. The van der Waals surface area contributed by atoms with E-state index in [1.807, 2.05) is 0 Å². The lowest BCUT2D eigenvalue weighted by molar-refractivity contribution is -0.141. The maximum atomic E-state index is 12.8. The van der Waals surface area contributed by atoms with E-state index in [0.717, 1.165) is 18.3 Å². The first-order chi connectivity index (χ1) is 10.6. The zero-order valence-corrected chi connectivity index (χ0v) is 12.1. The number of halogens is 3. The van der Waals surface area contributed by atoms with Crippen molar-refractivity contribution in [1.29, 1.82) is 0 Å². The van der Waals surface area contributed by atoms with Crippen LogP contribution in [-0.2, 0) is 16.2 Å². The van der Waals surface area contributed by atoms with Crippen LogP contribution in [0.25, 0.3) is 0 Å². The van der Waals surface area contributed by atoms with Crippen molar-refractivity contribution < 1.29 is 26.4 Å². The molecule has 0 aliphatic rings. The van der Waals surface area contributed by atoms with Crippen LogP contribution in [0.4, 0.5) is 18.9 Å². The summed E-state index contributed by atoms with van der Waals surface area (Å²) in [5.41, 5.74) is -2.03. The van der Waals surface area contributed by atoms with Crippen molar-refractivity contribution in [3.05, 3.63) is 53.9 Å². The van der Waals surface area contributed by atoms with Gasteiger partial charge in [0.25, 0.3) is 5.91 Å². The normalized spacial score (nSPS) is 12.0. The van der Waals surface area contributed by atoms with Gasteiger partial charge in [0.05, 0.1) is 10.5 Å². The molecule has 0 aliphatic heterocycles. The van der Waals surface area contributed by atoms with E-state index in [2.05, 4.69) is 10.3 Å². The van der Waals surface area contributed by atoms with Gasteiger partial charge < -0.3 is 5.32 Å². The van der Waals surface area contributed by atoms with Crippen LogP contribution in [0.2, 0.25) is 0 Å². The highest BCUT2D eigenvalue weighted by Gasteiger charge is 2.36. The zero-order chi connectivity index (χ0) is 17.3. The average Bonchev–Trinajstić information content (AvgIpc) is 2.46. The number of rotatable bonds is 3. The van der Waals surface area contributed by atoms with Gasteiger partial charge >= 0.3 is 6.18 Å². The number of carbonyl (C=O) groups excluding carboxylic acids is 1. The fraction of sp³-hybridized carbons (Fsp3) is 0.0769. The van der Waals surface area contributed by atoms with Crippen molar-refractivity contribution >= 4 is 21.6 Å². The number of amides is 1. The molecule has 1 aromatic carbocycles. The molecule has 0 aliphatic carbocycles. The number of benzene rings is 1. The first-order valence-corrected chi connectivity index (χ1v) is 7.60. The standard InChI is InChI=1S/C13H10F3N3O3S/c14-13(15,16)11-10(5-2-6-18-11)12(20)19-8-3-1-4-9(7-8)23(17,21)22/h1-7H,(H,19,20)(H2,17,21,22). The Bertz CT molecular complexity index is 851. The molecule has 1 heterocycles. The number of primary sulfonamides is 1. The van der Waals surface area contributed by atoms with Gasteiger partial charge in [-0.2, -0.15) is 13.2 Å². The number of sulfonamides is 1. The molecular weight excluding hydrogens is 335 g/mol. The maximum absolute atomic E-state index is 12.8. The minimum absolute atomic E-state index is 0.0153. The molecule has 2 aromatic rings. The number of alkyl halides is 3. The van der Waals surface area contributed by atoms with E-state index in [4.69, 9.17) is 5.14 Å². The predicted octanol–water partition coefficient (Wildman–Crippen LogP) is 2.00. The van der Waals surface area contributed by atoms with E-state index in [1.54, 1.807) is 0 Å². The summed E-state index contributed by atoms with van der Waals surface area (Å²) < 4.78 is 61.0. The molecule has 0 spiro atoms. The predicted molar refractivity (Wildman–Crippen MR) is 75.0 cm³/mol. The Hall–Kier alpha value is -2.46. The van der Waals surface area contributed by atoms with Crippen LogP contribution in [-0.4, -0.2) is 19.3 Å². The van der Waals surface area contributed by atoms with Crippen LogP contribution in [0.5, 0.6) is 0 Å². The molecular formula is C13H10F3N3O3S. The summed E-state index contributed by atoms with van der Waals surface area (Å²) in [6.45, 7) is 0. The number of pyridine rings is 1. The smallest absolute Gasteiger partial charge is 0.322 e. The Morgan fingerprint density at radius 1 is 1.17 bits per heavy atom. The van der Waals surface area contributed by atoms with Gasteiger partial charge in [0.2, 0.25) is 10.0 Å². The van der Waals surface area contributed by atoms with Crippen molar-refractivity contribution in [2.45, 2.75) is 11.1 Å². The lowest BCUT2D eigenvalue weighted by atomic mass is 10.1. The SMILES string of the molecule is NS(=O)(=O)c1cccc(NC(=O)c2cccnc2C(F)(F)F)c1. The second kappa shape index (κ2) is 5.97. The Morgan fingerprint density at radius 3 is 2.48 bits per heavy atom. The molecule has 0 fully saturated rings. The lowest BCUT2D eigenvalue weighted by Gasteiger charge is -2.12. The molecule has 10 heteroatoms. The third-order valence-corrected chi connectivity index (χ3v) is 3.65. The second-order valence-corrected chi connectivity index (χ2v) is 5.99. The molecule has 23 heavy (non-hydrogen) atoms. The number of nitrogens with two attached hydrogens (primary N) is 1. The quantitative estimate of drug-likeness (QED) is 0.888. The Kier molecular flexibility index (Phi) is 4.39. The summed E-state index contributed by atoms with van der Waals surface area (Å²) in [6.07, 6.45) is -3.88. The Balaban J connectivity index is 2.35. The topological polar surface area (TPSA) is 102 Å². The minimum atomic E-state index is -4.80. The van der Waals surface area contributed by atoms with Crippen LogP contribution in [0, 0.1) is 0 Å². The summed E-state index contributed by atoms with van der Waals surface area (Å²) in [6, 6.07) is 6.99. The molecule has 0 atom stereocenters. The zero-order valence-electron chi connectivity index (χ0n) is 11.3. The van der Waals surface area contributed by atoms with Gasteiger partial charge in [-0.3, -0.25) is 9.78 Å². The van der Waals surface area contributed by atoms with Crippen molar-refractivity contribution in [2.24, 2.45) is 5.14 Å². The number of anilines is 1. The molecule has 0 unspecified atom stereocenters. The highest BCUT2D eigenvalue weighted by molar-refractivity contribution is 7.89. The van der Waals surface area contributed by atoms with Crippen molar-refractivity contribution in [3.63, 3.8) is 0 Å². The van der Waals surface area contributed by atoms with E-state index in [-0.39, 0.29) is 10.6 Å². The average molecular weight is 345 g/mol. The summed E-state index contributed by atoms with van der Waals surface area (Å²) in [7, 11) is -4.00. The number of carbonyl (C=O) groups is 1. The van der Waals surface area contributed by atoms with Crippen molar-refractivity contribution in [1.82, 2.24) is 4.98 Å². The van der Waals surface area contributed by atoms with E-state index in [1.165, 1.54) is 24.3 Å². The molecule has 1 amide bonds. The number of aromatic nitrogens is 1. The molecule has 6 nitrogen and oxygen atoms in total. The highest BCUT2D eigenvalue weighted by Crippen LogP contribution is 2.30. The van der Waals surface area contributed by atoms with Gasteiger partial charge in [0.15, 0.2) is 5.69 Å². The molecule has 0 saturated heterocycles. The van der Waals surface area contributed by atoms with Gasteiger partial charge in [-0.25, -0.2) is 13.6 Å². The van der Waals surface area contributed by atoms with E-state index >= 15 is 0 Å². The van der Waals surface area contributed by atoms with Crippen LogP contribution in [0.3, 0.4) is 0 Å². The van der Waals surface area contributed by atoms with Crippen LogP contribution >= 0.6 is 0 Å². The van der Waals surface area contributed by atoms with Crippen molar-refractivity contribution in [2.75, 3.05) is 5.32 Å². The minimum Gasteiger partial charge on any atom is -0.322 e. The van der Waals surface area contributed by atoms with Gasteiger partial charge in [0, 0.05) is 11.9 Å². The van der Waals surface area contributed by atoms with E-state index in [9.17, 15) is 26.4 Å². The number of nitrogens with one attached hydrogen (secondary N) is 1. The van der Waals surface area contributed by atoms with Crippen LogP contribution < -0.4 is 10.5 Å². The van der Waals surface area contributed by atoms with Gasteiger partial charge in [-0.1, -0.05) is 6.07 Å². The molecule has 1 aromatic heterocycles. The molecule has 0 saturated carbocycles. The monoisotopic (exact) mass is 345 g/mol. The summed E-state index contributed by atoms with van der Waals surface area (Å²) in [5, 5.41) is 7.13. The third-order valence-electron chi connectivity index (χ3n) is 2.74. The summed E-state index contributed by atoms with van der Waals surface area (Å²) in [4.78, 5) is 14.9. The van der Waals surface area contributed by atoms with Gasteiger partial charge in [-0.05, 0) is 30.3 Å². The third kappa shape index (κ3) is 4.05. The fourth-order valence-corrected chi connectivity index (χ4v) is 2.32. The summed E-state index contributed by atoms with van der Waals surface area (Å²) >= 11 is 0. The van der Waals surface area contributed by atoms with Gasteiger partial charge in [-0.15, -0.1) is 0 Å². The maximum Gasteiger partial charge on any atom is 0.434 e. The molecule has 0 radical (unpaired) electrons. The Labute approximate surface area is 129 Å². The highest BCUT2D eigenvalue weighted by atomic mass is 32.2. The summed E-state index contributed by atoms with van der Waals surface area (Å²) in [5.74, 6) is -1.07. The Morgan fingerprint density at radius 2 is 1.87 bits per heavy atom. The van der Waals surface area contributed by atoms with Crippen LogP contribution in [0.1, 0.15) is 16.1 Å². The largest absolute Gasteiger partial charge is 0.434 e. The van der Waals surface area contributed by atoms with Gasteiger partial charge in [0.1, 0.15) is 0 Å². The van der Waals surface area contributed by atoms with E-state index in [0.29, 0.717) is 0 Å². The fourth-order valence-electron chi connectivity index (χ4n) is 1.76. The van der Waals surface area contributed by atoms with Crippen molar-refractivity contribution in [3.8, 4) is 0 Å². The van der Waals surface area contributed by atoms with Crippen LogP contribution in [0.15, 0.2) is 47.5 Å². The first-order valence-electron chi connectivity index (χ1n) is 6.05. The number of nitrogens with zero attached hydrogens (tertiary/aromatic N) is 1. The lowest BCUT2D eigenvalue weighted by Crippen LogP contribution is -2.20. The molecule has 2 rings (SSSR count). The second-order valence-electron chi connectivity index (χ2n) is 4.42. The molecule has 3 N–H and O–H groups in total.